The van der Waals surface area contributed by atoms with Crippen LogP contribution in [0.5, 0.6) is 0 Å². The van der Waals surface area contributed by atoms with Crippen molar-refractivity contribution in [2.45, 2.75) is 63.9 Å². The molecule has 0 aromatic heterocycles. The Morgan fingerprint density at radius 2 is 1.78 bits per heavy atom. The molecule has 0 spiro atoms. The van der Waals surface area contributed by atoms with E-state index < -0.39 is 35.7 Å². The average molecular weight is 445 g/mol. The van der Waals surface area contributed by atoms with Crippen molar-refractivity contribution in [2.75, 3.05) is 6.54 Å². The number of hydrogen-bond acceptors (Lipinski definition) is 3. The Morgan fingerprint density at radius 3 is 2.34 bits per heavy atom. The van der Waals surface area contributed by atoms with Gasteiger partial charge in [-0.1, -0.05) is 56.3 Å². The highest BCUT2D eigenvalue weighted by atomic mass is 19.1. The van der Waals surface area contributed by atoms with Gasteiger partial charge in [-0.2, -0.15) is 0 Å². The molecule has 1 aliphatic heterocycles. The van der Waals surface area contributed by atoms with Crippen molar-refractivity contribution in [3.05, 3.63) is 71.0 Å². The van der Waals surface area contributed by atoms with E-state index in [9.17, 15) is 23.5 Å². The second kappa shape index (κ2) is 9.36. The molecule has 3 atom stereocenters. The lowest BCUT2D eigenvalue weighted by Gasteiger charge is -2.30. The van der Waals surface area contributed by atoms with Gasteiger partial charge in [-0.05, 0) is 42.5 Å². The number of hydrogen-bond donors (Lipinski definition) is 2. The van der Waals surface area contributed by atoms with E-state index in [0.717, 1.165) is 10.5 Å². The van der Waals surface area contributed by atoms with Crippen LogP contribution in [0.15, 0.2) is 48.5 Å². The molecule has 0 bridgehead atoms. The van der Waals surface area contributed by atoms with Gasteiger partial charge in [-0.15, -0.1) is 0 Å². The Labute approximate surface area is 187 Å². The largest absolute Gasteiger partial charge is 0.381 e. The summed E-state index contributed by atoms with van der Waals surface area (Å²) in [4.78, 5) is 26.9. The van der Waals surface area contributed by atoms with Gasteiger partial charge in [0, 0.05) is 6.42 Å². The zero-order valence-corrected chi connectivity index (χ0v) is 18.8. The molecule has 0 saturated carbocycles. The Kier molecular flexibility index (Phi) is 6.98. The minimum atomic E-state index is -1.72. The van der Waals surface area contributed by atoms with E-state index in [4.69, 9.17) is 0 Å². The normalized spacial score (nSPS) is 19.8. The minimum Gasteiger partial charge on any atom is -0.381 e. The Hall–Kier alpha value is -2.80. The van der Waals surface area contributed by atoms with Crippen molar-refractivity contribution < 1.29 is 23.5 Å². The van der Waals surface area contributed by atoms with E-state index in [1.807, 2.05) is 44.2 Å². The summed E-state index contributed by atoms with van der Waals surface area (Å²) in [5, 5.41) is 13.0. The lowest BCUT2D eigenvalue weighted by Crippen LogP contribution is -2.52. The third-order valence-electron chi connectivity index (χ3n) is 5.74. The topological polar surface area (TPSA) is 69.6 Å². The van der Waals surface area contributed by atoms with Crippen molar-refractivity contribution in [1.82, 2.24) is 10.2 Å². The molecule has 1 saturated heterocycles. The molecule has 1 fully saturated rings. The molecule has 5 nitrogen and oxygen atoms in total. The van der Waals surface area contributed by atoms with E-state index in [-0.39, 0.29) is 24.7 Å². The summed E-state index contributed by atoms with van der Waals surface area (Å²) in [7, 11) is 0. The maximum Gasteiger partial charge on any atom is 0.254 e. The lowest BCUT2D eigenvalue weighted by atomic mass is 9.94. The van der Waals surface area contributed by atoms with Crippen LogP contribution < -0.4 is 5.32 Å². The van der Waals surface area contributed by atoms with Gasteiger partial charge >= 0.3 is 0 Å². The monoisotopic (exact) mass is 444 g/mol. The van der Waals surface area contributed by atoms with Gasteiger partial charge in [-0.25, -0.2) is 8.78 Å². The van der Waals surface area contributed by atoms with E-state index in [0.29, 0.717) is 11.1 Å². The quantitative estimate of drug-likeness (QED) is 0.711. The summed E-state index contributed by atoms with van der Waals surface area (Å²) in [6, 6.07) is 12.2. The third kappa shape index (κ3) is 5.15. The first kappa shape index (κ1) is 23.9. The van der Waals surface area contributed by atoms with E-state index in [2.05, 4.69) is 5.32 Å². The van der Waals surface area contributed by atoms with Crippen LogP contribution in [0.1, 0.15) is 62.8 Å². The Bertz CT molecular complexity index is 973. The molecule has 172 valence electrons. The zero-order valence-electron chi connectivity index (χ0n) is 18.8. The predicted octanol–water partition coefficient (Wildman–Crippen LogP) is 3.86. The van der Waals surface area contributed by atoms with Gasteiger partial charge in [-0.3, -0.25) is 9.59 Å². The summed E-state index contributed by atoms with van der Waals surface area (Å²) in [6.07, 6.45) is -1.52. The van der Waals surface area contributed by atoms with Crippen molar-refractivity contribution in [3.63, 3.8) is 0 Å². The van der Waals surface area contributed by atoms with Crippen LogP contribution in [0.25, 0.3) is 0 Å². The van der Waals surface area contributed by atoms with Crippen LogP contribution >= 0.6 is 0 Å². The number of halogens is 2. The number of amides is 2. The van der Waals surface area contributed by atoms with Crippen molar-refractivity contribution in [3.8, 4) is 0 Å². The molecular weight excluding hydrogens is 414 g/mol. The van der Waals surface area contributed by atoms with Crippen LogP contribution in [-0.4, -0.2) is 46.2 Å². The van der Waals surface area contributed by atoms with Crippen LogP contribution in [0.2, 0.25) is 0 Å². The average Bonchev–Trinajstić information content (AvgIpc) is 3.12. The van der Waals surface area contributed by atoms with Crippen molar-refractivity contribution in [1.29, 1.82) is 0 Å². The Morgan fingerprint density at radius 1 is 1.12 bits per heavy atom. The summed E-state index contributed by atoms with van der Waals surface area (Å²) in [5.41, 5.74) is 0.122. The molecule has 0 radical (unpaired) electrons. The van der Waals surface area contributed by atoms with Gasteiger partial charge in [0.1, 0.15) is 23.6 Å². The molecule has 2 N–H and O–H groups in total. The summed E-state index contributed by atoms with van der Waals surface area (Å²) < 4.78 is 28.9. The van der Waals surface area contributed by atoms with Gasteiger partial charge in [0.05, 0.1) is 12.6 Å². The van der Waals surface area contributed by atoms with E-state index in [1.165, 1.54) is 19.9 Å². The van der Waals surface area contributed by atoms with Crippen LogP contribution in [0.4, 0.5) is 8.78 Å². The number of alkyl halides is 1. The number of aliphatic hydroxyl groups is 1. The fourth-order valence-corrected chi connectivity index (χ4v) is 4.04. The number of likely N-dealkylation sites (tertiary alicyclic amines) is 1. The van der Waals surface area contributed by atoms with Gasteiger partial charge in [0.25, 0.3) is 5.91 Å². The van der Waals surface area contributed by atoms with Crippen LogP contribution in [-0.2, 0) is 9.59 Å². The number of nitrogens with one attached hydrogen (secondary N) is 1. The number of nitrogens with zero attached hydrogens (tertiary/aromatic N) is 1. The third-order valence-corrected chi connectivity index (χ3v) is 5.74. The van der Waals surface area contributed by atoms with Gasteiger partial charge < -0.3 is 15.3 Å². The maximum atomic E-state index is 14.7. The first-order valence-corrected chi connectivity index (χ1v) is 10.8. The summed E-state index contributed by atoms with van der Waals surface area (Å²) in [6.45, 7) is 6.16. The Balaban J connectivity index is 1.93. The molecule has 2 aromatic rings. The SMILES string of the molecule is CC(C)c1ccc([C@@H](NC(=O)[C@@H]2C[C@@H](F)CN2C(=O)C(C)(C)O)c2ccccc2)cc1F. The summed E-state index contributed by atoms with van der Waals surface area (Å²) >= 11 is 0. The molecule has 2 aromatic carbocycles. The molecule has 32 heavy (non-hydrogen) atoms. The van der Waals surface area contributed by atoms with Gasteiger partial charge in [0.15, 0.2) is 0 Å². The lowest BCUT2D eigenvalue weighted by molar-refractivity contribution is -0.151. The predicted molar refractivity (Wildman–Crippen MR) is 118 cm³/mol. The number of benzene rings is 2. The van der Waals surface area contributed by atoms with Crippen molar-refractivity contribution in [2.24, 2.45) is 0 Å². The zero-order chi connectivity index (χ0) is 23.6. The fraction of sp³-hybridized carbons (Fsp3) is 0.440. The van der Waals surface area contributed by atoms with E-state index in [1.54, 1.807) is 12.1 Å². The van der Waals surface area contributed by atoms with Crippen molar-refractivity contribution >= 4 is 11.8 Å². The molecule has 1 aliphatic rings. The molecule has 0 unspecified atom stereocenters. The number of rotatable bonds is 6. The summed E-state index contributed by atoms with van der Waals surface area (Å²) in [5.74, 6) is -1.61. The molecule has 7 heteroatoms. The molecule has 1 heterocycles. The van der Waals surface area contributed by atoms with Gasteiger partial charge in [0.2, 0.25) is 5.91 Å². The number of carbonyl (C=O) groups is 2. The molecule has 2 amide bonds. The standard InChI is InChI=1S/C25H30F2N2O3/c1-15(2)19-11-10-17(12-20(19)27)22(16-8-6-5-7-9-16)28-23(30)21-13-18(26)14-29(21)24(31)25(3,4)32/h5-12,15,18,21-22,32H,13-14H2,1-4H3,(H,28,30)/t18-,21+,22+/m1/s1. The highest BCUT2D eigenvalue weighted by Crippen LogP contribution is 2.29. The molecular formula is C25H30F2N2O3. The number of carbonyl (C=O) groups excluding carboxylic acids is 2. The molecule has 0 aliphatic carbocycles. The first-order valence-electron chi connectivity index (χ1n) is 10.8. The second-order valence-electron chi connectivity index (χ2n) is 9.15. The van der Waals surface area contributed by atoms with Crippen LogP contribution in [0.3, 0.4) is 0 Å². The maximum absolute atomic E-state index is 14.7. The molecule has 3 rings (SSSR count). The highest BCUT2D eigenvalue weighted by molar-refractivity contribution is 5.92. The first-order chi connectivity index (χ1) is 15.0. The fourth-order valence-electron chi connectivity index (χ4n) is 4.04. The van der Waals surface area contributed by atoms with Crippen LogP contribution in [0, 0.1) is 5.82 Å². The highest BCUT2D eigenvalue weighted by Gasteiger charge is 2.44. The van der Waals surface area contributed by atoms with E-state index >= 15 is 0 Å². The second-order valence-corrected chi connectivity index (χ2v) is 9.15. The smallest absolute Gasteiger partial charge is 0.254 e. The minimum absolute atomic E-state index is 0.00944.